The van der Waals surface area contributed by atoms with Gasteiger partial charge in [-0.15, -0.1) is 6.58 Å². The maximum atomic E-state index is 12.9. The van der Waals surface area contributed by atoms with Crippen LogP contribution in [0.2, 0.25) is 0 Å². The van der Waals surface area contributed by atoms with Crippen molar-refractivity contribution in [3.05, 3.63) is 78.4 Å². The van der Waals surface area contributed by atoms with Gasteiger partial charge in [-0.25, -0.2) is 0 Å². The lowest BCUT2D eigenvalue weighted by molar-refractivity contribution is -0.132. The van der Waals surface area contributed by atoms with Crippen molar-refractivity contribution in [3.8, 4) is 5.75 Å². The highest BCUT2D eigenvalue weighted by Crippen LogP contribution is 2.30. The quantitative estimate of drug-likeness (QED) is 0.302. The number of aliphatic hydroxyl groups excluding tert-OH is 2. The lowest BCUT2D eigenvalue weighted by Gasteiger charge is -2.30. The molecule has 4 N–H and O–H groups in total. The second-order valence-corrected chi connectivity index (χ2v) is 9.63. The van der Waals surface area contributed by atoms with Crippen molar-refractivity contribution in [2.75, 3.05) is 13.2 Å². The standard InChI is InChI=1S/C29H38N2O5/c1-2-8-24(28(35)31-29(21-33)15-6-7-16-29)18-27(34)30-25(19-32)17-22-11-13-26(14-12-22)36-20-23-9-4-3-5-10-23/h2-5,9-14,24-25,32-33H,1,6-8,15-21H2,(H,30,34)(H,31,35)/t24-,25+/m1/s1. The fourth-order valence-corrected chi connectivity index (χ4v) is 4.64. The fourth-order valence-electron chi connectivity index (χ4n) is 4.64. The highest BCUT2D eigenvalue weighted by atomic mass is 16.5. The number of carbonyl (C=O) groups is 2. The van der Waals surface area contributed by atoms with Crippen molar-refractivity contribution in [2.45, 2.75) is 63.1 Å². The second kappa shape index (κ2) is 13.8. The van der Waals surface area contributed by atoms with Gasteiger partial charge in [0.05, 0.1) is 30.7 Å². The van der Waals surface area contributed by atoms with Crippen molar-refractivity contribution in [1.29, 1.82) is 0 Å². The average Bonchev–Trinajstić information content (AvgIpc) is 3.37. The van der Waals surface area contributed by atoms with Crippen LogP contribution in [0.3, 0.4) is 0 Å². The van der Waals surface area contributed by atoms with Gasteiger partial charge in [0.25, 0.3) is 0 Å². The Morgan fingerprint density at radius 2 is 1.72 bits per heavy atom. The number of benzene rings is 2. The molecule has 1 fully saturated rings. The summed E-state index contributed by atoms with van der Waals surface area (Å²) in [4.78, 5) is 25.6. The fraction of sp³-hybridized carbons (Fsp3) is 0.448. The van der Waals surface area contributed by atoms with E-state index in [1.165, 1.54) is 0 Å². The van der Waals surface area contributed by atoms with Gasteiger partial charge in [0.2, 0.25) is 11.8 Å². The molecule has 0 radical (unpaired) electrons. The van der Waals surface area contributed by atoms with Crippen molar-refractivity contribution in [2.24, 2.45) is 5.92 Å². The van der Waals surface area contributed by atoms with Gasteiger partial charge in [0.1, 0.15) is 12.4 Å². The van der Waals surface area contributed by atoms with Gasteiger partial charge in [-0.3, -0.25) is 9.59 Å². The van der Waals surface area contributed by atoms with Crippen LogP contribution in [0.4, 0.5) is 0 Å². The summed E-state index contributed by atoms with van der Waals surface area (Å²) in [6.07, 6.45) is 5.83. The van der Waals surface area contributed by atoms with Crippen LogP contribution < -0.4 is 15.4 Å². The smallest absolute Gasteiger partial charge is 0.224 e. The summed E-state index contributed by atoms with van der Waals surface area (Å²) in [6.45, 7) is 3.88. The Hall–Kier alpha value is -3.16. The third-order valence-electron chi connectivity index (χ3n) is 6.74. The Labute approximate surface area is 213 Å². The maximum absolute atomic E-state index is 12.9. The van der Waals surface area contributed by atoms with Gasteiger partial charge in [0.15, 0.2) is 0 Å². The highest BCUT2D eigenvalue weighted by molar-refractivity contribution is 5.86. The number of rotatable bonds is 14. The first-order chi connectivity index (χ1) is 17.5. The van der Waals surface area contributed by atoms with Crippen LogP contribution in [-0.4, -0.2) is 46.8 Å². The predicted molar refractivity (Wildman–Crippen MR) is 139 cm³/mol. The summed E-state index contributed by atoms with van der Waals surface area (Å²) in [6, 6.07) is 17.0. The molecule has 3 rings (SSSR count). The molecule has 0 bridgehead atoms. The number of ether oxygens (including phenoxy) is 1. The molecule has 2 amide bonds. The molecule has 1 aliphatic carbocycles. The van der Waals surface area contributed by atoms with Crippen LogP contribution in [0, 0.1) is 5.92 Å². The average molecular weight is 495 g/mol. The van der Waals surface area contributed by atoms with Gasteiger partial charge in [0, 0.05) is 6.42 Å². The predicted octanol–water partition coefficient (Wildman–Crippen LogP) is 3.29. The zero-order valence-electron chi connectivity index (χ0n) is 20.8. The van der Waals surface area contributed by atoms with Gasteiger partial charge in [-0.2, -0.15) is 0 Å². The van der Waals surface area contributed by atoms with Crippen molar-refractivity contribution >= 4 is 11.8 Å². The van der Waals surface area contributed by atoms with Crippen molar-refractivity contribution in [1.82, 2.24) is 10.6 Å². The minimum absolute atomic E-state index is 0.0118. The molecule has 0 unspecified atom stereocenters. The van der Waals surface area contributed by atoms with Crippen LogP contribution in [0.5, 0.6) is 5.75 Å². The van der Waals surface area contributed by atoms with Gasteiger partial charge < -0.3 is 25.6 Å². The second-order valence-electron chi connectivity index (χ2n) is 9.63. The van der Waals surface area contributed by atoms with E-state index >= 15 is 0 Å². The first kappa shape index (κ1) is 27.4. The lowest BCUT2D eigenvalue weighted by Crippen LogP contribution is -2.51. The minimum Gasteiger partial charge on any atom is -0.489 e. The summed E-state index contributed by atoms with van der Waals surface area (Å²) in [7, 11) is 0. The topological polar surface area (TPSA) is 108 Å². The van der Waals surface area contributed by atoms with E-state index in [4.69, 9.17) is 4.74 Å². The van der Waals surface area contributed by atoms with E-state index < -0.39 is 17.5 Å². The molecule has 1 aliphatic rings. The molecule has 0 saturated heterocycles. The molecule has 1 saturated carbocycles. The number of hydrogen-bond donors (Lipinski definition) is 4. The van der Waals surface area contributed by atoms with E-state index in [-0.39, 0.29) is 31.4 Å². The first-order valence-electron chi connectivity index (χ1n) is 12.7. The maximum Gasteiger partial charge on any atom is 0.224 e. The minimum atomic E-state index is -0.586. The largest absolute Gasteiger partial charge is 0.489 e. The summed E-state index contributed by atoms with van der Waals surface area (Å²) < 4.78 is 5.81. The Kier molecular flexibility index (Phi) is 10.5. The van der Waals surface area contributed by atoms with E-state index in [1.807, 2.05) is 54.6 Å². The van der Waals surface area contributed by atoms with Gasteiger partial charge in [-0.05, 0) is 48.9 Å². The molecule has 0 heterocycles. The van der Waals surface area contributed by atoms with Crippen LogP contribution >= 0.6 is 0 Å². The third kappa shape index (κ3) is 8.21. The Balaban J connectivity index is 1.50. The Bertz CT molecular complexity index is 971. The molecule has 7 heteroatoms. The number of amides is 2. The van der Waals surface area contributed by atoms with Crippen LogP contribution in [0.1, 0.15) is 49.7 Å². The summed E-state index contributed by atoms with van der Waals surface area (Å²) in [5.74, 6) is -0.378. The molecule has 36 heavy (non-hydrogen) atoms. The normalized spacial score (nSPS) is 16.1. The van der Waals surface area contributed by atoms with E-state index in [2.05, 4.69) is 17.2 Å². The number of aliphatic hydroxyl groups is 2. The molecule has 2 aromatic carbocycles. The molecule has 2 atom stereocenters. The number of hydrogen-bond acceptors (Lipinski definition) is 5. The molecule has 0 spiro atoms. The van der Waals surface area contributed by atoms with E-state index in [1.54, 1.807) is 6.08 Å². The molecule has 7 nitrogen and oxygen atoms in total. The van der Waals surface area contributed by atoms with Crippen molar-refractivity contribution in [3.63, 3.8) is 0 Å². The number of allylic oxidation sites excluding steroid dienone is 1. The summed E-state index contributed by atoms with van der Waals surface area (Å²) in [5.41, 5.74) is 1.45. The third-order valence-corrected chi connectivity index (χ3v) is 6.74. The number of nitrogens with one attached hydrogen (secondary N) is 2. The first-order valence-corrected chi connectivity index (χ1v) is 12.7. The molecule has 0 aliphatic heterocycles. The highest BCUT2D eigenvalue weighted by Gasteiger charge is 2.36. The van der Waals surface area contributed by atoms with Gasteiger partial charge >= 0.3 is 0 Å². The molecule has 0 aromatic heterocycles. The van der Waals surface area contributed by atoms with E-state index in [9.17, 15) is 19.8 Å². The van der Waals surface area contributed by atoms with Gasteiger partial charge in [-0.1, -0.05) is 61.4 Å². The van der Waals surface area contributed by atoms with Crippen LogP contribution in [-0.2, 0) is 22.6 Å². The molecule has 194 valence electrons. The summed E-state index contributed by atoms with van der Waals surface area (Å²) >= 11 is 0. The summed E-state index contributed by atoms with van der Waals surface area (Å²) in [5, 5.41) is 25.5. The zero-order chi connectivity index (χ0) is 25.8. The van der Waals surface area contributed by atoms with Crippen LogP contribution in [0.25, 0.3) is 0 Å². The molecular weight excluding hydrogens is 456 g/mol. The SMILES string of the molecule is C=CC[C@H](CC(=O)N[C@H](CO)Cc1ccc(OCc2ccccc2)cc1)C(=O)NC1(CO)CCCC1. The monoisotopic (exact) mass is 494 g/mol. The molecule has 2 aromatic rings. The Morgan fingerprint density at radius 3 is 2.33 bits per heavy atom. The van der Waals surface area contributed by atoms with E-state index in [0.29, 0.717) is 19.4 Å². The molecular formula is C29H38N2O5. The van der Waals surface area contributed by atoms with Crippen LogP contribution in [0.15, 0.2) is 67.3 Å². The number of carbonyl (C=O) groups excluding carboxylic acids is 2. The van der Waals surface area contributed by atoms with E-state index in [0.717, 1.165) is 42.6 Å². The lowest BCUT2D eigenvalue weighted by atomic mass is 9.94. The van der Waals surface area contributed by atoms with Crippen molar-refractivity contribution < 1.29 is 24.5 Å². The Morgan fingerprint density at radius 1 is 1.03 bits per heavy atom. The zero-order valence-corrected chi connectivity index (χ0v) is 20.8.